The Balaban J connectivity index is 1.94. The molecule has 2 rings (SSSR count). The normalized spacial score (nSPS) is 18.0. The molecule has 0 spiro atoms. The van der Waals surface area contributed by atoms with E-state index in [2.05, 4.69) is 0 Å². The van der Waals surface area contributed by atoms with Crippen molar-refractivity contribution in [1.29, 1.82) is 0 Å². The van der Waals surface area contributed by atoms with Crippen LogP contribution in [0.5, 0.6) is 0 Å². The summed E-state index contributed by atoms with van der Waals surface area (Å²) in [7, 11) is 0. The summed E-state index contributed by atoms with van der Waals surface area (Å²) in [5, 5.41) is 0.609. The lowest BCUT2D eigenvalue weighted by Crippen LogP contribution is -2.46. The fourth-order valence-electron chi connectivity index (χ4n) is 2.11. The van der Waals surface area contributed by atoms with Gasteiger partial charge in [-0.3, -0.25) is 4.79 Å². The van der Waals surface area contributed by atoms with Crippen LogP contribution in [0.1, 0.15) is 31.2 Å². The van der Waals surface area contributed by atoms with E-state index >= 15 is 0 Å². The van der Waals surface area contributed by atoms with Gasteiger partial charge in [-0.25, -0.2) is 0 Å². The third kappa shape index (κ3) is 2.79. The van der Waals surface area contributed by atoms with Gasteiger partial charge < -0.3 is 10.5 Å². The Morgan fingerprint density at radius 2 is 2.00 bits per heavy atom. The van der Waals surface area contributed by atoms with Crippen LogP contribution in [0.4, 0.5) is 0 Å². The Bertz CT molecular complexity index is 414. The summed E-state index contributed by atoms with van der Waals surface area (Å²) < 4.78 is 5.25. The van der Waals surface area contributed by atoms with Crippen molar-refractivity contribution in [3.05, 3.63) is 34.9 Å². The van der Waals surface area contributed by atoms with E-state index in [0.29, 0.717) is 17.9 Å². The minimum atomic E-state index is -0.777. The fraction of sp³-hybridized carbons (Fsp3) is 0.462. The highest BCUT2D eigenvalue weighted by atomic mass is 35.5. The number of hydrogen-bond donors (Lipinski definition) is 1. The van der Waals surface area contributed by atoms with Gasteiger partial charge >= 0.3 is 5.97 Å². The molecule has 0 unspecified atom stereocenters. The zero-order valence-electron chi connectivity index (χ0n) is 9.62. The van der Waals surface area contributed by atoms with Crippen LogP contribution in [-0.2, 0) is 16.1 Å². The number of esters is 1. The van der Waals surface area contributed by atoms with Crippen LogP contribution in [0.25, 0.3) is 0 Å². The van der Waals surface area contributed by atoms with E-state index in [9.17, 15) is 4.79 Å². The van der Waals surface area contributed by atoms with Crippen LogP contribution < -0.4 is 5.73 Å². The Labute approximate surface area is 106 Å². The minimum absolute atomic E-state index is 0.192. The van der Waals surface area contributed by atoms with Gasteiger partial charge in [0.15, 0.2) is 0 Å². The quantitative estimate of drug-likeness (QED) is 0.843. The zero-order chi connectivity index (χ0) is 12.3. The van der Waals surface area contributed by atoms with E-state index in [1.54, 1.807) is 6.07 Å². The lowest BCUT2D eigenvalue weighted by molar-refractivity contribution is -0.151. The lowest BCUT2D eigenvalue weighted by Gasteiger charge is -2.21. The summed E-state index contributed by atoms with van der Waals surface area (Å²) in [5.74, 6) is -0.310. The fourth-order valence-corrected chi connectivity index (χ4v) is 2.30. The molecular formula is C13H16ClNO2. The van der Waals surface area contributed by atoms with Crippen molar-refractivity contribution in [3.8, 4) is 0 Å². The van der Waals surface area contributed by atoms with E-state index in [1.165, 1.54) is 0 Å². The minimum Gasteiger partial charge on any atom is -0.459 e. The van der Waals surface area contributed by atoms with Crippen LogP contribution in [0.2, 0.25) is 5.02 Å². The van der Waals surface area contributed by atoms with Gasteiger partial charge in [0.25, 0.3) is 0 Å². The smallest absolute Gasteiger partial charge is 0.326 e. The Morgan fingerprint density at radius 3 is 2.65 bits per heavy atom. The van der Waals surface area contributed by atoms with E-state index < -0.39 is 5.54 Å². The number of nitrogens with two attached hydrogens (primary N) is 1. The molecule has 0 amide bonds. The maximum Gasteiger partial charge on any atom is 0.326 e. The van der Waals surface area contributed by atoms with Crippen molar-refractivity contribution in [2.75, 3.05) is 0 Å². The molecule has 0 aliphatic heterocycles. The summed E-state index contributed by atoms with van der Waals surface area (Å²) >= 11 is 5.98. The van der Waals surface area contributed by atoms with Crippen molar-refractivity contribution in [1.82, 2.24) is 0 Å². The molecule has 2 N–H and O–H groups in total. The predicted molar refractivity (Wildman–Crippen MR) is 66.6 cm³/mol. The summed E-state index contributed by atoms with van der Waals surface area (Å²) in [5.41, 5.74) is 6.03. The molecular weight excluding hydrogens is 238 g/mol. The van der Waals surface area contributed by atoms with Gasteiger partial charge in [-0.15, -0.1) is 0 Å². The number of carbonyl (C=O) groups excluding carboxylic acids is 1. The highest BCUT2D eigenvalue weighted by molar-refractivity contribution is 6.31. The largest absolute Gasteiger partial charge is 0.459 e. The third-order valence-corrected chi connectivity index (χ3v) is 3.59. The van der Waals surface area contributed by atoms with Crippen molar-refractivity contribution in [2.45, 2.75) is 37.8 Å². The third-order valence-electron chi connectivity index (χ3n) is 3.22. The van der Waals surface area contributed by atoms with E-state index in [4.69, 9.17) is 22.1 Å². The van der Waals surface area contributed by atoms with E-state index in [-0.39, 0.29) is 12.6 Å². The summed E-state index contributed by atoms with van der Waals surface area (Å²) in [6.07, 6.45) is 3.43. The van der Waals surface area contributed by atoms with E-state index in [0.717, 1.165) is 18.4 Å². The molecule has 1 fully saturated rings. The van der Waals surface area contributed by atoms with Gasteiger partial charge in [0.2, 0.25) is 0 Å². The Kier molecular flexibility index (Phi) is 3.69. The first kappa shape index (κ1) is 12.4. The molecule has 4 heteroatoms. The number of halogens is 1. The Morgan fingerprint density at radius 1 is 1.35 bits per heavy atom. The van der Waals surface area contributed by atoms with Gasteiger partial charge in [-0.05, 0) is 18.9 Å². The molecule has 0 atom stereocenters. The number of carbonyl (C=O) groups is 1. The monoisotopic (exact) mass is 253 g/mol. The first-order valence-corrected chi connectivity index (χ1v) is 6.19. The van der Waals surface area contributed by atoms with Gasteiger partial charge in [0.1, 0.15) is 12.1 Å². The molecule has 1 aromatic rings. The molecule has 0 heterocycles. The Hall–Kier alpha value is -1.06. The second kappa shape index (κ2) is 5.07. The molecule has 17 heavy (non-hydrogen) atoms. The van der Waals surface area contributed by atoms with Crippen molar-refractivity contribution in [2.24, 2.45) is 5.73 Å². The maximum atomic E-state index is 11.9. The second-order valence-corrected chi connectivity index (χ2v) is 4.94. The molecule has 0 saturated heterocycles. The van der Waals surface area contributed by atoms with E-state index in [1.807, 2.05) is 18.2 Å². The predicted octanol–water partition coefficient (Wildman–Crippen LogP) is 2.65. The molecule has 1 aliphatic carbocycles. The van der Waals surface area contributed by atoms with Gasteiger partial charge in [0, 0.05) is 10.6 Å². The molecule has 1 saturated carbocycles. The molecule has 1 aliphatic rings. The molecule has 1 aromatic carbocycles. The summed E-state index contributed by atoms with van der Waals surface area (Å²) in [6, 6.07) is 7.32. The first-order valence-electron chi connectivity index (χ1n) is 5.81. The molecule has 0 radical (unpaired) electrons. The highest BCUT2D eigenvalue weighted by Gasteiger charge is 2.38. The number of ether oxygens (including phenoxy) is 1. The first-order chi connectivity index (χ1) is 8.12. The van der Waals surface area contributed by atoms with Gasteiger partial charge in [-0.2, -0.15) is 0 Å². The van der Waals surface area contributed by atoms with Crippen LogP contribution in [0.3, 0.4) is 0 Å². The average molecular weight is 254 g/mol. The lowest BCUT2D eigenvalue weighted by atomic mass is 10.00. The van der Waals surface area contributed by atoms with Crippen LogP contribution in [0.15, 0.2) is 24.3 Å². The van der Waals surface area contributed by atoms with Crippen molar-refractivity contribution < 1.29 is 9.53 Å². The number of hydrogen-bond acceptors (Lipinski definition) is 3. The standard InChI is InChI=1S/C13H16ClNO2/c14-11-6-2-1-5-10(11)9-17-12(16)13(15)7-3-4-8-13/h1-2,5-6H,3-4,7-9,15H2. The topological polar surface area (TPSA) is 52.3 Å². The number of rotatable bonds is 3. The molecule has 0 aromatic heterocycles. The van der Waals surface area contributed by atoms with Crippen LogP contribution in [0, 0.1) is 0 Å². The molecule has 92 valence electrons. The average Bonchev–Trinajstić information content (AvgIpc) is 2.76. The van der Waals surface area contributed by atoms with Crippen LogP contribution in [-0.4, -0.2) is 11.5 Å². The van der Waals surface area contributed by atoms with Crippen molar-refractivity contribution in [3.63, 3.8) is 0 Å². The van der Waals surface area contributed by atoms with Gasteiger partial charge in [-0.1, -0.05) is 42.6 Å². The van der Waals surface area contributed by atoms with Gasteiger partial charge in [0.05, 0.1) is 0 Å². The zero-order valence-corrected chi connectivity index (χ0v) is 10.4. The summed E-state index contributed by atoms with van der Waals surface area (Å²) in [4.78, 5) is 11.9. The second-order valence-electron chi connectivity index (χ2n) is 4.53. The molecule has 3 nitrogen and oxygen atoms in total. The maximum absolute atomic E-state index is 11.9. The van der Waals surface area contributed by atoms with Crippen LogP contribution >= 0.6 is 11.6 Å². The SMILES string of the molecule is NC1(C(=O)OCc2ccccc2Cl)CCCC1. The van der Waals surface area contributed by atoms with Crippen molar-refractivity contribution >= 4 is 17.6 Å². The molecule has 0 bridgehead atoms. The summed E-state index contributed by atoms with van der Waals surface area (Å²) in [6.45, 7) is 0.192. The number of benzene rings is 1. The highest BCUT2D eigenvalue weighted by Crippen LogP contribution is 2.28.